The van der Waals surface area contributed by atoms with Crippen LogP contribution in [-0.4, -0.2) is 27.8 Å². The number of nitrogens with one attached hydrogen (secondary N) is 1. The van der Waals surface area contributed by atoms with Gasteiger partial charge in [-0.25, -0.2) is 0 Å². The highest BCUT2D eigenvalue weighted by molar-refractivity contribution is 6.04. The fourth-order valence-electron chi connectivity index (χ4n) is 4.03. The van der Waals surface area contributed by atoms with Crippen LogP contribution in [0.5, 0.6) is 5.75 Å². The van der Waals surface area contributed by atoms with Gasteiger partial charge in [0.2, 0.25) is 0 Å². The number of ether oxygens (including phenoxy) is 1. The van der Waals surface area contributed by atoms with Crippen LogP contribution in [0, 0.1) is 5.92 Å². The number of fused-ring (bicyclic) bond motifs is 1. The molecule has 0 unspecified atom stereocenters. The van der Waals surface area contributed by atoms with E-state index < -0.39 is 0 Å². The lowest BCUT2D eigenvalue weighted by Gasteiger charge is -2.27. The first kappa shape index (κ1) is 18.5. The van der Waals surface area contributed by atoms with Crippen molar-refractivity contribution in [2.75, 3.05) is 12.4 Å². The van der Waals surface area contributed by atoms with Gasteiger partial charge in [0, 0.05) is 23.8 Å². The summed E-state index contributed by atoms with van der Waals surface area (Å²) in [6.07, 6.45) is 9.84. The number of aromatic nitrogens is 3. The molecule has 0 atom stereocenters. The van der Waals surface area contributed by atoms with Crippen LogP contribution in [0.25, 0.3) is 10.9 Å². The van der Waals surface area contributed by atoms with Gasteiger partial charge >= 0.3 is 0 Å². The maximum Gasteiger partial charge on any atom is 0.274 e. The Bertz CT molecular complexity index is 959. The van der Waals surface area contributed by atoms with Crippen molar-refractivity contribution >= 4 is 22.5 Å². The SMILES string of the molecule is CC[C@H]1CC[C@H](n2cc3cc(NC(=O)c4ccccn4)c(OC)cc3n2)CC1. The Balaban J connectivity index is 1.59. The summed E-state index contributed by atoms with van der Waals surface area (Å²) in [5.41, 5.74) is 1.87. The van der Waals surface area contributed by atoms with Crippen molar-refractivity contribution in [3.63, 3.8) is 0 Å². The topological polar surface area (TPSA) is 69.0 Å². The van der Waals surface area contributed by atoms with E-state index in [4.69, 9.17) is 9.84 Å². The lowest BCUT2D eigenvalue weighted by Crippen LogP contribution is -2.18. The molecule has 0 saturated heterocycles. The molecule has 146 valence electrons. The zero-order chi connectivity index (χ0) is 19.5. The summed E-state index contributed by atoms with van der Waals surface area (Å²) in [6, 6.07) is 9.53. The van der Waals surface area contributed by atoms with Gasteiger partial charge in [0.25, 0.3) is 5.91 Å². The summed E-state index contributed by atoms with van der Waals surface area (Å²) in [5.74, 6) is 1.19. The molecule has 1 saturated carbocycles. The standard InChI is InChI=1S/C22H26N4O2/c1-3-15-7-9-17(10-8-15)26-14-16-12-20(21(28-2)13-19(16)25-26)24-22(27)18-6-4-5-11-23-18/h4-6,11-15,17H,3,7-10H2,1-2H3,(H,24,27)/t15-,17-. The summed E-state index contributed by atoms with van der Waals surface area (Å²) in [6.45, 7) is 2.28. The van der Waals surface area contributed by atoms with Crippen LogP contribution in [0.15, 0.2) is 42.7 Å². The third-order valence-corrected chi connectivity index (χ3v) is 5.76. The molecule has 2 aromatic heterocycles. The molecule has 6 heteroatoms. The number of hydrogen-bond acceptors (Lipinski definition) is 4. The monoisotopic (exact) mass is 378 g/mol. The van der Waals surface area contributed by atoms with Crippen LogP contribution in [0.3, 0.4) is 0 Å². The molecule has 1 amide bonds. The molecule has 1 N–H and O–H groups in total. The molecular formula is C22H26N4O2. The average molecular weight is 378 g/mol. The first-order valence-corrected chi connectivity index (χ1v) is 9.97. The molecular weight excluding hydrogens is 352 g/mol. The molecule has 0 bridgehead atoms. The van der Waals surface area contributed by atoms with Crippen molar-refractivity contribution in [2.45, 2.75) is 45.1 Å². The van der Waals surface area contributed by atoms with Crippen LogP contribution in [0.4, 0.5) is 5.69 Å². The van der Waals surface area contributed by atoms with E-state index in [1.165, 1.54) is 32.1 Å². The molecule has 1 aliphatic carbocycles. The Morgan fingerprint density at radius 3 is 2.75 bits per heavy atom. The average Bonchev–Trinajstić information content (AvgIpc) is 3.16. The summed E-state index contributed by atoms with van der Waals surface area (Å²) >= 11 is 0. The minimum Gasteiger partial charge on any atom is -0.494 e. The van der Waals surface area contributed by atoms with E-state index in [-0.39, 0.29) is 5.91 Å². The highest BCUT2D eigenvalue weighted by Crippen LogP contribution is 2.35. The third-order valence-electron chi connectivity index (χ3n) is 5.76. The number of anilines is 1. The Labute approximate surface area is 164 Å². The predicted molar refractivity (Wildman–Crippen MR) is 110 cm³/mol. The van der Waals surface area contributed by atoms with Gasteiger partial charge in [0.1, 0.15) is 11.4 Å². The first-order chi connectivity index (χ1) is 13.7. The second-order valence-corrected chi connectivity index (χ2v) is 7.47. The summed E-state index contributed by atoms with van der Waals surface area (Å²) in [7, 11) is 1.60. The van der Waals surface area contributed by atoms with Gasteiger partial charge < -0.3 is 10.1 Å². The number of methoxy groups -OCH3 is 1. The fourth-order valence-corrected chi connectivity index (χ4v) is 4.03. The first-order valence-electron chi connectivity index (χ1n) is 9.97. The molecule has 3 aromatic rings. The second-order valence-electron chi connectivity index (χ2n) is 7.47. The zero-order valence-corrected chi connectivity index (χ0v) is 16.4. The normalized spacial score (nSPS) is 19.5. The van der Waals surface area contributed by atoms with Gasteiger partial charge in [-0.15, -0.1) is 0 Å². The van der Waals surface area contributed by atoms with Gasteiger partial charge in [-0.1, -0.05) is 19.4 Å². The smallest absolute Gasteiger partial charge is 0.274 e. The molecule has 6 nitrogen and oxygen atoms in total. The lowest BCUT2D eigenvalue weighted by molar-refractivity contribution is 0.102. The Morgan fingerprint density at radius 2 is 2.07 bits per heavy atom. The quantitative estimate of drug-likeness (QED) is 0.690. The van der Waals surface area contributed by atoms with Crippen LogP contribution < -0.4 is 10.1 Å². The molecule has 1 fully saturated rings. The van der Waals surface area contributed by atoms with Crippen molar-refractivity contribution in [3.8, 4) is 5.75 Å². The highest BCUT2D eigenvalue weighted by Gasteiger charge is 2.22. The molecule has 0 radical (unpaired) electrons. The van der Waals surface area contributed by atoms with Crippen LogP contribution in [-0.2, 0) is 0 Å². The van der Waals surface area contributed by atoms with E-state index in [0.29, 0.717) is 23.2 Å². The third kappa shape index (κ3) is 3.72. The maximum absolute atomic E-state index is 12.5. The molecule has 1 aliphatic rings. The number of hydrogen-bond donors (Lipinski definition) is 1. The van der Waals surface area contributed by atoms with Crippen LogP contribution >= 0.6 is 0 Å². The van der Waals surface area contributed by atoms with E-state index in [0.717, 1.165) is 16.8 Å². The molecule has 28 heavy (non-hydrogen) atoms. The van der Waals surface area contributed by atoms with Crippen molar-refractivity contribution in [1.82, 2.24) is 14.8 Å². The maximum atomic E-state index is 12.5. The van der Waals surface area contributed by atoms with Crippen molar-refractivity contribution < 1.29 is 9.53 Å². The number of pyridine rings is 1. The number of benzene rings is 1. The number of rotatable bonds is 5. The lowest BCUT2D eigenvalue weighted by atomic mass is 9.85. The molecule has 1 aromatic carbocycles. The number of carbonyl (C=O) groups is 1. The van der Waals surface area contributed by atoms with Crippen LogP contribution in [0.1, 0.15) is 55.6 Å². The molecule has 0 aliphatic heterocycles. The predicted octanol–water partition coefficient (Wildman–Crippen LogP) is 4.83. The van der Waals surface area contributed by atoms with Gasteiger partial charge in [0.15, 0.2) is 0 Å². The largest absolute Gasteiger partial charge is 0.494 e. The summed E-state index contributed by atoms with van der Waals surface area (Å²) in [4.78, 5) is 16.6. The van der Waals surface area contributed by atoms with Gasteiger partial charge in [-0.05, 0) is 49.8 Å². The number of carbonyl (C=O) groups excluding carboxylic acids is 1. The fraction of sp³-hybridized carbons (Fsp3) is 0.409. The molecule has 4 rings (SSSR count). The second kappa shape index (κ2) is 8.00. The van der Waals surface area contributed by atoms with Gasteiger partial charge in [-0.3, -0.25) is 14.5 Å². The zero-order valence-electron chi connectivity index (χ0n) is 16.4. The number of nitrogens with zero attached hydrogens (tertiary/aromatic N) is 3. The van der Waals surface area contributed by atoms with Crippen molar-refractivity contribution in [1.29, 1.82) is 0 Å². The van der Waals surface area contributed by atoms with Crippen LogP contribution in [0.2, 0.25) is 0 Å². The highest BCUT2D eigenvalue weighted by atomic mass is 16.5. The Morgan fingerprint density at radius 1 is 1.25 bits per heavy atom. The van der Waals surface area contributed by atoms with E-state index >= 15 is 0 Å². The summed E-state index contributed by atoms with van der Waals surface area (Å²) < 4.78 is 7.59. The minimum absolute atomic E-state index is 0.261. The Hall–Kier alpha value is -2.89. The van der Waals surface area contributed by atoms with Crippen molar-refractivity contribution in [3.05, 3.63) is 48.4 Å². The van der Waals surface area contributed by atoms with Crippen molar-refractivity contribution in [2.24, 2.45) is 5.92 Å². The van der Waals surface area contributed by atoms with Gasteiger partial charge in [0.05, 0.1) is 24.4 Å². The summed E-state index contributed by atoms with van der Waals surface area (Å²) in [5, 5.41) is 8.69. The van der Waals surface area contributed by atoms with E-state index in [1.54, 1.807) is 31.5 Å². The number of amides is 1. The Kier molecular flexibility index (Phi) is 5.28. The van der Waals surface area contributed by atoms with Gasteiger partial charge in [-0.2, -0.15) is 5.10 Å². The minimum atomic E-state index is -0.261. The van der Waals surface area contributed by atoms with E-state index in [9.17, 15) is 4.79 Å². The molecule has 0 spiro atoms. The van der Waals surface area contributed by atoms with E-state index in [2.05, 4.69) is 28.1 Å². The van der Waals surface area contributed by atoms with E-state index in [1.807, 2.05) is 12.1 Å². The molecule has 2 heterocycles.